The minimum atomic E-state index is -0.272. The summed E-state index contributed by atoms with van der Waals surface area (Å²) in [5.41, 5.74) is 2.84. The molecule has 4 nitrogen and oxygen atoms in total. The van der Waals surface area contributed by atoms with Gasteiger partial charge in [0.25, 0.3) is 5.91 Å². The Balaban J connectivity index is 1.60. The fourth-order valence-corrected chi connectivity index (χ4v) is 4.54. The van der Waals surface area contributed by atoms with Gasteiger partial charge in [-0.3, -0.25) is 9.59 Å². The van der Waals surface area contributed by atoms with Crippen LogP contribution in [-0.4, -0.2) is 23.7 Å². The molecule has 0 unspecified atom stereocenters. The van der Waals surface area contributed by atoms with Crippen molar-refractivity contribution in [1.29, 1.82) is 0 Å². The number of carbonyl (C=O) groups is 2. The third kappa shape index (κ3) is 3.08. The number of fused-ring (bicyclic) bond motifs is 2. The Kier molecular flexibility index (Phi) is 4.66. The van der Waals surface area contributed by atoms with E-state index in [1.165, 1.54) is 0 Å². The number of alkyl halides is 1. The van der Waals surface area contributed by atoms with Crippen LogP contribution in [0.25, 0.3) is 10.1 Å². The summed E-state index contributed by atoms with van der Waals surface area (Å²) in [7, 11) is 0. The lowest BCUT2D eigenvalue weighted by molar-refractivity contribution is -0.119. The first-order valence-corrected chi connectivity index (χ1v) is 9.79. The molecule has 0 radical (unpaired) electrons. The standard InChI is InChI=1S/C20H17ClN2O2S/c21-10-18(24)23-19-13-6-2-1-5-12(13)9-16(19)22-20(25)15-11-26-17-8-4-3-7-14(15)17/h1-8,11,16,19H,9-10H2,(H,22,25)(H,23,24)/t16-,19-/m1/s1. The second-order valence-corrected chi connectivity index (χ2v) is 7.49. The summed E-state index contributed by atoms with van der Waals surface area (Å²) < 4.78 is 1.08. The van der Waals surface area contributed by atoms with E-state index in [0.29, 0.717) is 12.0 Å². The second kappa shape index (κ2) is 7.09. The SMILES string of the molecule is O=C(CCl)N[C@@H]1c2ccccc2C[C@H]1NC(=O)c1csc2ccccc12. The molecule has 2 N–H and O–H groups in total. The van der Waals surface area contributed by atoms with Crippen molar-refractivity contribution in [3.8, 4) is 0 Å². The highest BCUT2D eigenvalue weighted by Crippen LogP contribution is 2.32. The number of hydrogen-bond donors (Lipinski definition) is 2. The highest BCUT2D eigenvalue weighted by Gasteiger charge is 2.34. The van der Waals surface area contributed by atoms with E-state index in [0.717, 1.165) is 21.2 Å². The molecule has 0 saturated carbocycles. The molecule has 3 aromatic rings. The third-order valence-corrected chi connectivity index (χ3v) is 5.92. The van der Waals surface area contributed by atoms with Crippen molar-refractivity contribution in [2.75, 3.05) is 5.88 Å². The van der Waals surface area contributed by atoms with Crippen LogP contribution in [0.15, 0.2) is 53.9 Å². The Morgan fingerprint density at radius 2 is 1.85 bits per heavy atom. The van der Waals surface area contributed by atoms with Crippen molar-refractivity contribution in [2.24, 2.45) is 0 Å². The normalized spacial score (nSPS) is 18.5. The van der Waals surface area contributed by atoms with Crippen molar-refractivity contribution >= 4 is 44.8 Å². The maximum absolute atomic E-state index is 12.9. The fourth-order valence-electron chi connectivity index (χ4n) is 3.52. The first kappa shape index (κ1) is 17.1. The van der Waals surface area contributed by atoms with E-state index in [2.05, 4.69) is 10.6 Å². The Bertz CT molecular complexity index is 985. The molecule has 2 aromatic carbocycles. The molecule has 4 rings (SSSR count). The number of nitrogens with one attached hydrogen (secondary N) is 2. The molecule has 1 aliphatic rings. The molecule has 0 aliphatic heterocycles. The van der Waals surface area contributed by atoms with Gasteiger partial charge in [0.15, 0.2) is 0 Å². The fraction of sp³-hybridized carbons (Fsp3) is 0.200. The van der Waals surface area contributed by atoms with E-state index in [9.17, 15) is 9.59 Å². The largest absolute Gasteiger partial charge is 0.347 e. The van der Waals surface area contributed by atoms with Gasteiger partial charge in [-0.2, -0.15) is 0 Å². The molecule has 1 heterocycles. The molecular weight excluding hydrogens is 368 g/mol. The molecule has 0 saturated heterocycles. The van der Waals surface area contributed by atoms with Gasteiger partial charge in [-0.1, -0.05) is 42.5 Å². The van der Waals surface area contributed by atoms with Crippen molar-refractivity contribution in [3.63, 3.8) is 0 Å². The van der Waals surface area contributed by atoms with Gasteiger partial charge in [-0.25, -0.2) is 0 Å². The summed E-state index contributed by atoms with van der Waals surface area (Å²) in [6.07, 6.45) is 0.678. The number of thiophene rings is 1. The van der Waals surface area contributed by atoms with Crippen LogP contribution in [0.5, 0.6) is 0 Å². The van der Waals surface area contributed by atoms with Crippen LogP contribution in [0, 0.1) is 0 Å². The molecule has 132 valence electrons. The first-order valence-electron chi connectivity index (χ1n) is 8.37. The highest BCUT2D eigenvalue weighted by atomic mass is 35.5. The van der Waals surface area contributed by atoms with Gasteiger partial charge >= 0.3 is 0 Å². The third-order valence-electron chi connectivity index (χ3n) is 4.71. The maximum Gasteiger partial charge on any atom is 0.253 e. The Labute approximate surface area is 160 Å². The number of amides is 2. The molecule has 1 aromatic heterocycles. The van der Waals surface area contributed by atoms with E-state index >= 15 is 0 Å². The van der Waals surface area contributed by atoms with Crippen LogP contribution in [-0.2, 0) is 11.2 Å². The predicted octanol–water partition coefficient (Wildman–Crippen LogP) is 3.65. The second-order valence-electron chi connectivity index (χ2n) is 6.31. The number of halogens is 1. The Morgan fingerprint density at radius 1 is 1.08 bits per heavy atom. The topological polar surface area (TPSA) is 58.2 Å². The lowest BCUT2D eigenvalue weighted by atomic mass is 10.1. The van der Waals surface area contributed by atoms with Crippen LogP contribution in [0.3, 0.4) is 0 Å². The Morgan fingerprint density at radius 3 is 2.69 bits per heavy atom. The summed E-state index contributed by atoms with van der Waals surface area (Å²) in [6, 6.07) is 15.3. The summed E-state index contributed by atoms with van der Waals surface area (Å²) >= 11 is 7.21. The smallest absolute Gasteiger partial charge is 0.253 e. The van der Waals surface area contributed by atoms with Gasteiger partial charge in [0.1, 0.15) is 5.88 Å². The maximum atomic E-state index is 12.9. The molecule has 6 heteroatoms. The van der Waals surface area contributed by atoms with Crippen LogP contribution >= 0.6 is 22.9 Å². The lowest BCUT2D eigenvalue weighted by Gasteiger charge is -2.22. The van der Waals surface area contributed by atoms with Crippen molar-refractivity contribution in [2.45, 2.75) is 18.5 Å². The monoisotopic (exact) mass is 384 g/mol. The van der Waals surface area contributed by atoms with Crippen LogP contribution in [0.1, 0.15) is 27.5 Å². The Hall–Kier alpha value is -2.37. The molecule has 0 fully saturated rings. The summed E-state index contributed by atoms with van der Waals surface area (Å²) in [5.74, 6) is -0.465. The number of carbonyl (C=O) groups excluding carboxylic acids is 2. The first-order chi connectivity index (χ1) is 12.7. The highest BCUT2D eigenvalue weighted by molar-refractivity contribution is 7.17. The zero-order valence-corrected chi connectivity index (χ0v) is 15.4. The number of benzene rings is 2. The average molecular weight is 385 g/mol. The van der Waals surface area contributed by atoms with Crippen LogP contribution in [0.2, 0.25) is 0 Å². The van der Waals surface area contributed by atoms with E-state index < -0.39 is 0 Å². The van der Waals surface area contributed by atoms with Gasteiger partial charge in [0.2, 0.25) is 5.91 Å². The summed E-state index contributed by atoms with van der Waals surface area (Å²) in [5, 5.41) is 8.88. The van der Waals surface area contributed by atoms with Gasteiger partial charge in [-0.05, 0) is 23.6 Å². The number of hydrogen-bond acceptors (Lipinski definition) is 3. The minimum Gasteiger partial charge on any atom is -0.347 e. The van der Waals surface area contributed by atoms with Gasteiger partial charge < -0.3 is 10.6 Å². The van der Waals surface area contributed by atoms with Gasteiger partial charge in [-0.15, -0.1) is 22.9 Å². The lowest BCUT2D eigenvalue weighted by Crippen LogP contribution is -2.44. The molecule has 0 bridgehead atoms. The summed E-state index contributed by atoms with van der Waals surface area (Å²) in [4.78, 5) is 24.7. The predicted molar refractivity (Wildman–Crippen MR) is 105 cm³/mol. The zero-order valence-electron chi connectivity index (χ0n) is 13.9. The quantitative estimate of drug-likeness (QED) is 0.674. The van der Waals surface area contributed by atoms with E-state index in [-0.39, 0.29) is 29.8 Å². The molecule has 2 amide bonds. The zero-order chi connectivity index (χ0) is 18.1. The molecule has 2 atom stereocenters. The number of rotatable bonds is 4. The van der Waals surface area contributed by atoms with E-state index in [1.54, 1.807) is 11.3 Å². The average Bonchev–Trinajstić information content (AvgIpc) is 3.23. The van der Waals surface area contributed by atoms with Gasteiger partial charge in [0.05, 0.1) is 17.6 Å². The van der Waals surface area contributed by atoms with Gasteiger partial charge in [0, 0.05) is 15.5 Å². The molecule has 1 aliphatic carbocycles. The van der Waals surface area contributed by atoms with E-state index in [1.807, 2.05) is 53.9 Å². The molecule has 26 heavy (non-hydrogen) atoms. The molecular formula is C20H17ClN2O2S. The minimum absolute atomic E-state index is 0.103. The van der Waals surface area contributed by atoms with Crippen LogP contribution < -0.4 is 10.6 Å². The molecule has 0 spiro atoms. The summed E-state index contributed by atoms with van der Waals surface area (Å²) in [6.45, 7) is 0. The van der Waals surface area contributed by atoms with Crippen molar-refractivity contribution in [3.05, 3.63) is 70.6 Å². The van der Waals surface area contributed by atoms with E-state index in [4.69, 9.17) is 11.6 Å². The van der Waals surface area contributed by atoms with Crippen LogP contribution in [0.4, 0.5) is 0 Å². The van der Waals surface area contributed by atoms with Crippen molar-refractivity contribution in [1.82, 2.24) is 10.6 Å². The van der Waals surface area contributed by atoms with Crippen molar-refractivity contribution < 1.29 is 9.59 Å².